The summed E-state index contributed by atoms with van der Waals surface area (Å²) in [6.45, 7) is 1.31. The van der Waals surface area contributed by atoms with E-state index >= 15 is 0 Å². The molecular formula is C18H20N6O. The van der Waals surface area contributed by atoms with E-state index in [0.29, 0.717) is 30.1 Å². The average molecular weight is 336 g/mol. The largest absolute Gasteiger partial charge is 0.373 e. The molecule has 4 rings (SSSR count). The first-order valence-corrected chi connectivity index (χ1v) is 8.41. The number of hydrogen-bond acceptors (Lipinski definition) is 5. The number of carbonyl (C=O) groups is 1. The van der Waals surface area contributed by atoms with Gasteiger partial charge in [-0.3, -0.25) is 4.79 Å². The molecule has 25 heavy (non-hydrogen) atoms. The van der Waals surface area contributed by atoms with Gasteiger partial charge in [-0.15, -0.1) is 0 Å². The second-order valence-corrected chi connectivity index (χ2v) is 6.05. The van der Waals surface area contributed by atoms with Gasteiger partial charge in [0.05, 0.1) is 6.20 Å². The predicted molar refractivity (Wildman–Crippen MR) is 97.0 cm³/mol. The molecule has 3 N–H and O–H groups in total. The van der Waals surface area contributed by atoms with Crippen LogP contribution in [0.25, 0.3) is 5.65 Å². The number of aromatic nitrogens is 3. The zero-order valence-corrected chi connectivity index (χ0v) is 14.0. The molecule has 128 valence electrons. The minimum absolute atomic E-state index is 0.144. The fraction of sp³-hybridized carbons (Fsp3) is 0.278. The summed E-state index contributed by atoms with van der Waals surface area (Å²) in [4.78, 5) is 17.1. The summed E-state index contributed by atoms with van der Waals surface area (Å²) in [6.07, 6.45) is 3.38. The van der Waals surface area contributed by atoms with Gasteiger partial charge >= 0.3 is 0 Å². The molecular weight excluding hydrogens is 316 g/mol. The highest BCUT2D eigenvalue weighted by Crippen LogP contribution is 2.20. The van der Waals surface area contributed by atoms with Crippen molar-refractivity contribution in [3.8, 4) is 0 Å². The molecule has 1 amide bonds. The number of nitrogens with one attached hydrogen (secondary N) is 3. The summed E-state index contributed by atoms with van der Waals surface area (Å²) < 4.78 is 1.65. The topological polar surface area (TPSA) is 83.3 Å². The SMILES string of the molecule is CNc1cc2nc3c(cnn13)C(=O)NCCCc1ccccc1CN2. The van der Waals surface area contributed by atoms with E-state index in [4.69, 9.17) is 0 Å². The van der Waals surface area contributed by atoms with Gasteiger partial charge in [0.15, 0.2) is 5.65 Å². The summed E-state index contributed by atoms with van der Waals surface area (Å²) >= 11 is 0. The van der Waals surface area contributed by atoms with E-state index < -0.39 is 0 Å². The maximum Gasteiger partial charge on any atom is 0.256 e. The standard InChI is InChI=1S/C18H20N6O/c1-19-16-9-15-21-10-13-6-3-2-5-12(13)7-4-8-20-18(25)14-11-22-24(16)17(14)23-15/h2-3,5-6,9,11,19H,4,7-8,10H2,1H3,(H,20,25)(H,21,23). The molecule has 0 saturated heterocycles. The van der Waals surface area contributed by atoms with E-state index in [0.717, 1.165) is 18.7 Å². The molecule has 1 aliphatic heterocycles. The fourth-order valence-electron chi connectivity index (χ4n) is 3.13. The van der Waals surface area contributed by atoms with Crippen LogP contribution in [0.1, 0.15) is 27.9 Å². The quantitative estimate of drug-likeness (QED) is 0.633. The van der Waals surface area contributed by atoms with Gasteiger partial charge in [0.2, 0.25) is 0 Å². The maximum atomic E-state index is 12.5. The molecule has 1 aliphatic rings. The summed E-state index contributed by atoms with van der Waals surface area (Å²) in [5, 5.41) is 13.7. The number of anilines is 2. The zero-order chi connectivity index (χ0) is 17.2. The zero-order valence-electron chi connectivity index (χ0n) is 14.0. The lowest BCUT2D eigenvalue weighted by atomic mass is 10.0. The molecule has 7 nitrogen and oxygen atoms in total. The van der Waals surface area contributed by atoms with Crippen molar-refractivity contribution in [3.05, 3.63) is 53.2 Å². The van der Waals surface area contributed by atoms with Crippen molar-refractivity contribution in [2.24, 2.45) is 0 Å². The molecule has 2 bridgehead atoms. The van der Waals surface area contributed by atoms with Gasteiger partial charge in [-0.2, -0.15) is 9.61 Å². The van der Waals surface area contributed by atoms with E-state index in [-0.39, 0.29) is 5.91 Å². The number of aryl methyl sites for hydroxylation is 1. The molecule has 0 saturated carbocycles. The molecule has 0 radical (unpaired) electrons. The van der Waals surface area contributed by atoms with E-state index in [9.17, 15) is 4.79 Å². The van der Waals surface area contributed by atoms with Crippen LogP contribution in [-0.2, 0) is 13.0 Å². The highest BCUT2D eigenvalue weighted by Gasteiger charge is 2.17. The Morgan fingerprint density at radius 3 is 2.88 bits per heavy atom. The van der Waals surface area contributed by atoms with E-state index in [2.05, 4.69) is 44.2 Å². The van der Waals surface area contributed by atoms with Gasteiger partial charge in [0.1, 0.15) is 17.2 Å². The number of nitrogens with zero attached hydrogens (tertiary/aromatic N) is 3. The van der Waals surface area contributed by atoms with Gasteiger partial charge in [-0.05, 0) is 24.0 Å². The van der Waals surface area contributed by atoms with Crippen LogP contribution in [-0.4, -0.2) is 34.1 Å². The smallest absolute Gasteiger partial charge is 0.256 e. The molecule has 3 heterocycles. The first kappa shape index (κ1) is 15.4. The molecule has 1 aromatic carbocycles. The summed E-state index contributed by atoms with van der Waals surface area (Å²) in [5.41, 5.74) is 3.56. The number of benzene rings is 1. The van der Waals surface area contributed by atoms with Crippen LogP contribution in [0.2, 0.25) is 0 Å². The van der Waals surface area contributed by atoms with E-state index in [1.54, 1.807) is 10.7 Å². The first-order valence-electron chi connectivity index (χ1n) is 8.41. The minimum Gasteiger partial charge on any atom is -0.373 e. The van der Waals surface area contributed by atoms with E-state index in [1.165, 1.54) is 11.1 Å². The minimum atomic E-state index is -0.144. The Hall–Kier alpha value is -3.09. The van der Waals surface area contributed by atoms with Crippen LogP contribution in [0.3, 0.4) is 0 Å². The third-order valence-corrected chi connectivity index (χ3v) is 4.46. The molecule has 2 aromatic heterocycles. The summed E-state index contributed by atoms with van der Waals surface area (Å²) in [6, 6.07) is 10.3. The van der Waals surface area contributed by atoms with Gasteiger partial charge in [-0.1, -0.05) is 24.3 Å². The van der Waals surface area contributed by atoms with Crippen LogP contribution in [0.15, 0.2) is 36.5 Å². The predicted octanol–water partition coefficient (Wildman–Crippen LogP) is 2.06. The molecule has 0 fully saturated rings. The van der Waals surface area contributed by atoms with Crippen LogP contribution in [0.5, 0.6) is 0 Å². The number of carbonyl (C=O) groups excluding carboxylic acids is 1. The second kappa shape index (κ2) is 6.43. The second-order valence-electron chi connectivity index (χ2n) is 6.05. The molecule has 0 unspecified atom stereocenters. The average Bonchev–Trinajstić information content (AvgIpc) is 3.07. The number of hydrogen-bond donors (Lipinski definition) is 3. The number of rotatable bonds is 1. The van der Waals surface area contributed by atoms with Gasteiger partial charge in [0, 0.05) is 26.2 Å². The molecule has 0 atom stereocenters. The fourth-order valence-corrected chi connectivity index (χ4v) is 3.13. The third kappa shape index (κ3) is 2.88. The first-order chi connectivity index (χ1) is 12.3. The Labute approximate surface area is 145 Å². The van der Waals surface area contributed by atoms with Crippen molar-refractivity contribution in [2.45, 2.75) is 19.4 Å². The molecule has 0 aliphatic carbocycles. The van der Waals surface area contributed by atoms with Gasteiger partial charge < -0.3 is 16.0 Å². The third-order valence-electron chi connectivity index (χ3n) is 4.46. The lowest BCUT2D eigenvalue weighted by Gasteiger charge is -2.12. The van der Waals surface area contributed by atoms with Crippen molar-refractivity contribution >= 4 is 23.2 Å². The van der Waals surface area contributed by atoms with Crippen LogP contribution in [0, 0.1) is 0 Å². The Bertz CT molecular complexity index is 932. The van der Waals surface area contributed by atoms with E-state index in [1.807, 2.05) is 19.2 Å². The lowest BCUT2D eigenvalue weighted by Crippen LogP contribution is -2.24. The number of fused-ring (bicyclic) bond motifs is 2. The van der Waals surface area contributed by atoms with Crippen LogP contribution < -0.4 is 16.0 Å². The Morgan fingerprint density at radius 2 is 2.04 bits per heavy atom. The maximum absolute atomic E-state index is 12.5. The summed E-state index contributed by atoms with van der Waals surface area (Å²) in [5.74, 6) is 1.34. The lowest BCUT2D eigenvalue weighted by molar-refractivity contribution is 0.0954. The van der Waals surface area contributed by atoms with Gasteiger partial charge in [0.25, 0.3) is 5.91 Å². The number of amides is 1. The Balaban J connectivity index is 1.80. The highest BCUT2D eigenvalue weighted by molar-refractivity contribution is 6.00. The molecule has 7 heteroatoms. The normalized spacial score (nSPS) is 14.7. The van der Waals surface area contributed by atoms with Crippen molar-refractivity contribution in [1.82, 2.24) is 19.9 Å². The van der Waals surface area contributed by atoms with Crippen molar-refractivity contribution in [2.75, 3.05) is 24.2 Å². The van der Waals surface area contributed by atoms with Crippen molar-refractivity contribution in [1.29, 1.82) is 0 Å². The summed E-state index contributed by atoms with van der Waals surface area (Å²) in [7, 11) is 1.82. The highest BCUT2D eigenvalue weighted by atomic mass is 16.1. The van der Waals surface area contributed by atoms with Crippen molar-refractivity contribution < 1.29 is 4.79 Å². The van der Waals surface area contributed by atoms with Crippen molar-refractivity contribution in [3.63, 3.8) is 0 Å². The Kier molecular flexibility index (Phi) is 3.97. The van der Waals surface area contributed by atoms with Gasteiger partial charge in [-0.25, -0.2) is 4.98 Å². The molecule has 0 spiro atoms. The van der Waals surface area contributed by atoms with Crippen LogP contribution in [0.4, 0.5) is 11.6 Å². The molecule has 3 aromatic rings. The Morgan fingerprint density at radius 1 is 1.20 bits per heavy atom. The van der Waals surface area contributed by atoms with Crippen LogP contribution >= 0.6 is 0 Å². The monoisotopic (exact) mass is 336 g/mol.